The van der Waals surface area contributed by atoms with Gasteiger partial charge in [-0.3, -0.25) is 4.79 Å². The van der Waals surface area contributed by atoms with Crippen molar-refractivity contribution in [1.29, 1.82) is 0 Å². The van der Waals surface area contributed by atoms with Gasteiger partial charge in [0.05, 0.1) is 12.2 Å². The molecule has 1 aromatic rings. The summed E-state index contributed by atoms with van der Waals surface area (Å²) in [6, 6.07) is 0.258. The molecule has 0 aromatic carbocycles. The molecule has 2 aliphatic rings. The highest BCUT2D eigenvalue weighted by Crippen LogP contribution is 2.24. The quantitative estimate of drug-likeness (QED) is 0.882. The van der Waals surface area contributed by atoms with Crippen LogP contribution in [-0.4, -0.2) is 47.3 Å². The highest BCUT2D eigenvalue weighted by molar-refractivity contribution is 7.89. The fourth-order valence-corrected chi connectivity index (χ4v) is 5.09. The van der Waals surface area contributed by atoms with Crippen LogP contribution in [0.5, 0.6) is 0 Å². The Balaban J connectivity index is 1.64. The van der Waals surface area contributed by atoms with Crippen molar-refractivity contribution in [2.75, 3.05) is 13.1 Å². The van der Waals surface area contributed by atoms with Gasteiger partial charge in [-0.1, -0.05) is 19.3 Å². The molecule has 0 radical (unpaired) electrons. The van der Waals surface area contributed by atoms with Gasteiger partial charge in [0, 0.05) is 32.4 Å². The lowest BCUT2D eigenvalue weighted by Crippen LogP contribution is -2.47. The van der Waals surface area contributed by atoms with Gasteiger partial charge < -0.3 is 9.88 Å². The summed E-state index contributed by atoms with van der Waals surface area (Å²) in [5.74, 6) is -0.262. The van der Waals surface area contributed by atoms with E-state index < -0.39 is 10.0 Å². The topological polar surface area (TPSA) is 84.3 Å². The first kappa shape index (κ1) is 17.4. The largest absolute Gasteiger partial charge is 0.353 e. The van der Waals surface area contributed by atoms with E-state index in [2.05, 4.69) is 10.3 Å². The number of carbonyl (C=O) groups excluding carboxylic acids is 1. The standard InChI is InChI=1S/C16H26N4O3S/c1-19-11-15(17-12-19)24(22,23)20-9-5-6-13(10-20)16(21)18-14-7-3-2-4-8-14/h11-14H,2-10H2,1H3,(H,18,21). The van der Waals surface area contributed by atoms with E-state index in [4.69, 9.17) is 0 Å². The molecule has 0 bridgehead atoms. The first-order chi connectivity index (χ1) is 11.5. The molecule has 1 aromatic heterocycles. The Kier molecular flexibility index (Phi) is 5.24. The van der Waals surface area contributed by atoms with Gasteiger partial charge in [-0.2, -0.15) is 4.31 Å². The molecular weight excluding hydrogens is 328 g/mol. The summed E-state index contributed by atoms with van der Waals surface area (Å²) in [5, 5.41) is 3.18. The summed E-state index contributed by atoms with van der Waals surface area (Å²) in [7, 11) is -1.88. The van der Waals surface area contributed by atoms with Crippen molar-refractivity contribution in [3.05, 3.63) is 12.5 Å². The minimum Gasteiger partial charge on any atom is -0.353 e. The van der Waals surface area contributed by atoms with Crippen LogP contribution in [0, 0.1) is 5.92 Å². The summed E-state index contributed by atoms with van der Waals surface area (Å²) in [4.78, 5) is 16.5. The molecule has 7 nitrogen and oxygen atoms in total. The van der Waals surface area contributed by atoms with Gasteiger partial charge in [0.25, 0.3) is 10.0 Å². The van der Waals surface area contributed by atoms with E-state index >= 15 is 0 Å². The Morgan fingerprint density at radius 3 is 2.62 bits per heavy atom. The normalized spacial score (nSPS) is 24.0. The first-order valence-electron chi connectivity index (χ1n) is 8.75. The van der Waals surface area contributed by atoms with E-state index in [1.165, 1.54) is 23.3 Å². The Morgan fingerprint density at radius 2 is 1.96 bits per heavy atom. The molecule has 1 atom stereocenters. The van der Waals surface area contributed by atoms with Crippen LogP contribution in [0.3, 0.4) is 0 Å². The highest BCUT2D eigenvalue weighted by atomic mass is 32.2. The first-order valence-corrected chi connectivity index (χ1v) is 10.2. The molecular formula is C16H26N4O3S. The van der Waals surface area contributed by atoms with E-state index in [1.807, 2.05) is 0 Å². The minimum absolute atomic E-state index is 0.00261. The van der Waals surface area contributed by atoms with Crippen molar-refractivity contribution in [2.24, 2.45) is 13.0 Å². The van der Waals surface area contributed by atoms with Crippen LogP contribution in [0.25, 0.3) is 0 Å². The van der Waals surface area contributed by atoms with Gasteiger partial charge in [0.15, 0.2) is 5.03 Å². The number of hydrogen-bond acceptors (Lipinski definition) is 4. The van der Waals surface area contributed by atoms with E-state index in [9.17, 15) is 13.2 Å². The van der Waals surface area contributed by atoms with Gasteiger partial charge in [-0.25, -0.2) is 13.4 Å². The lowest BCUT2D eigenvalue weighted by Gasteiger charge is -2.32. The van der Waals surface area contributed by atoms with Gasteiger partial charge in [0.2, 0.25) is 5.91 Å². The minimum atomic E-state index is -3.62. The van der Waals surface area contributed by atoms with Crippen molar-refractivity contribution >= 4 is 15.9 Å². The maximum Gasteiger partial charge on any atom is 0.262 e. The fraction of sp³-hybridized carbons (Fsp3) is 0.750. The smallest absolute Gasteiger partial charge is 0.262 e. The highest BCUT2D eigenvalue weighted by Gasteiger charge is 2.35. The second-order valence-electron chi connectivity index (χ2n) is 6.92. The summed E-state index contributed by atoms with van der Waals surface area (Å²) in [6.07, 6.45) is 10.1. The Morgan fingerprint density at radius 1 is 1.21 bits per heavy atom. The number of aryl methyl sites for hydroxylation is 1. The zero-order valence-electron chi connectivity index (χ0n) is 14.1. The number of amides is 1. The summed E-state index contributed by atoms with van der Waals surface area (Å²) >= 11 is 0. The number of rotatable bonds is 4. The van der Waals surface area contributed by atoms with Crippen molar-refractivity contribution in [3.63, 3.8) is 0 Å². The molecule has 1 N–H and O–H groups in total. The Hall–Kier alpha value is -1.41. The molecule has 24 heavy (non-hydrogen) atoms. The number of sulfonamides is 1. The predicted molar refractivity (Wildman–Crippen MR) is 89.7 cm³/mol. The van der Waals surface area contributed by atoms with Crippen molar-refractivity contribution in [2.45, 2.75) is 56.0 Å². The fourth-order valence-electron chi connectivity index (χ4n) is 3.60. The van der Waals surface area contributed by atoms with Crippen LogP contribution in [0.1, 0.15) is 44.9 Å². The number of hydrogen-bond donors (Lipinski definition) is 1. The summed E-state index contributed by atoms with van der Waals surface area (Å²) in [6.45, 7) is 0.698. The van der Waals surface area contributed by atoms with Gasteiger partial charge >= 0.3 is 0 Å². The van der Waals surface area contributed by atoms with Crippen LogP contribution in [-0.2, 0) is 21.9 Å². The second kappa shape index (κ2) is 7.23. The number of carbonyl (C=O) groups is 1. The molecule has 1 amide bonds. The molecule has 1 saturated carbocycles. The van der Waals surface area contributed by atoms with Crippen LogP contribution >= 0.6 is 0 Å². The summed E-state index contributed by atoms with van der Waals surface area (Å²) in [5.41, 5.74) is 0. The molecule has 8 heteroatoms. The van der Waals surface area contributed by atoms with Crippen molar-refractivity contribution in [3.8, 4) is 0 Å². The molecule has 134 valence electrons. The molecule has 2 heterocycles. The SMILES string of the molecule is Cn1cnc(S(=O)(=O)N2CCCC(C(=O)NC3CCCCC3)C2)c1. The third-order valence-corrected chi connectivity index (χ3v) is 6.74. The zero-order valence-corrected chi connectivity index (χ0v) is 15.0. The van der Waals surface area contributed by atoms with E-state index in [0.717, 1.165) is 32.1 Å². The molecule has 1 saturated heterocycles. The lowest BCUT2D eigenvalue weighted by atomic mass is 9.93. The Labute approximate surface area is 143 Å². The number of imidazole rings is 1. The van der Waals surface area contributed by atoms with Crippen LogP contribution in [0.15, 0.2) is 17.6 Å². The third-order valence-electron chi connectivity index (χ3n) is 4.99. The zero-order chi connectivity index (χ0) is 17.2. The number of nitrogens with one attached hydrogen (secondary N) is 1. The third kappa shape index (κ3) is 3.80. The average molecular weight is 354 g/mol. The molecule has 2 fully saturated rings. The van der Waals surface area contributed by atoms with Crippen molar-refractivity contribution < 1.29 is 13.2 Å². The van der Waals surface area contributed by atoms with Crippen molar-refractivity contribution in [1.82, 2.24) is 19.2 Å². The monoisotopic (exact) mass is 354 g/mol. The number of nitrogens with zero attached hydrogens (tertiary/aromatic N) is 3. The molecule has 1 aliphatic carbocycles. The molecule has 0 spiro atoms. The molecule has 3 rings (SSSR count). The Bertz CT molecular complexity index is 679. The maximum absolute atomic E-state index is 12.7. The van der Waals surface area contributed by atoms with Crippen LogP contribution in [0.2, 0.25) is 0 Å². The number of piperidine rings is 1. The summed E-state index contributed by atoms with van der Waals surface area (Å²) < 4.78 is 28.4. The molecule has 1 aliphatic heterocycles. The number of aromatic nitrogens is 2. The van der Waals surface area contributed by atoms with Gasteiger partial charge in [-0.05, 0) is 25.7 Å². The van der Waals surface area contributed by atoms with E-state index in [-0.39, 0.29) is 29.4 Å². The lowest BCUT2D eigenvalue weighted by molar-refractivity contribution is -0.127. The van der Waals surface area contributed by atoms with E-state index in [0.29, 0.717) is 13.0 Å². The second-order valence-corrected chi connectivity index (χ2v) is 8.81. The van der Waals surface area contributed by atoms with Crippen LogP contribution in [0.4, 0.5) is 0 Å². The predicted octanol–water partition coefficient (Wildman–Crippen LogP) is 1.27. The average Bonchev–Trinajstić information content (AvgIpc) is 3.03. The van der Waals surface area contributed by atoms with Gasteiger partial charge in [0.1, 0.15) is 0 Å². The maximum atomic E-state index is 12.7. The molecule has 1 unspecified atom stereocenters. The van der Waals surface area contributed by atoms with E-state index in [1.54, 1.807) is 11.6 Å². The van der Waals surface area contributed by atoms with Gasteiger partial charge in [-0.15, -0.1) is 0 Å². The van der Waals surface area contributed by atoms with Crippen LogP contribution < -0.4 is 5.32 Å².